The maximum absolute atomic E-state index is 14.2. The Morgan fingerprint density at radius 1 is 1.26 bits per heavy atom. The lowest BCUT2D eigenvalue weighted by molar-refractivity contribution is -0.116. The van der Waals surface area contributed by atoms with E-state index >= 15 is 0 Å². The second kappa shape index (κ2) is 8.41. The van der Waals surface area contributed by atoms with Crippen molar-refractivity contribution >= 4 is 11.6 Å². The van der Waals surface area contributed by atoms with Crippen LogP contribution in [0.15, 0.2) is 52.8 Å². The zero-order chi connectivity index (χ0) is 19.1. The van der Waals surface area contributed by atoms with E-state index < -0.39 is 11.5 Å². The summed E-state index contributed by atoms with van der Waals surface area (Å²) in [6.07, 6.45) is 8.83. The highest BCUT2D eigenvalue weighted by Crippen LogP contribution is 2.37. The number of hydrogen-bond acceptors (Lipinski definition) is 5. The minimum Gasteiger partial charge on any atom is -0.484 e. The lowest BCUT2D eigenvalue weighted by atomic mass is 10.0. The Bertz CT molecular complexity index is 871. The molecule has 3 rings (SSSR count). The molecule has 2 heterocycles. The number of nitrogens with zero attached hydrogens (tertiary/aromatic N) is 3. The van der Waals surface area contributed by atoms with Gasteiger partial charge in [0, 0.05) is 43.6 Å². The molecule has 1 aliphatic rings. The fraction of sp³-hybridized carbons (Fsp3) is 0.300. The topological polar surface area (TPSA) is 75.9 Å². The van der Waals surface area contributed by atoms with Gasteiger partial charge >= 0.3 is 0 Å². The first-order valence-corrected chi connectivity index (χ1v) is 8.60. The van der Waals surface area contributed by atoms with Gasteiger partial charge < -0.3 is 10.1 Å². The quantitative estimate of drug-likeness (QED) is 0.679. The fourth-order valence-electron chi connectivity index (χ4n) is 2.54. The van der Waals surface area contributed by atoms with Gasteiger partial charge in [-0.25, -0.2) is 4.39 Å². The van der Waals surface area contributed by atoms with Crippen molar-refractivity contribution in [2.75, 3.05) is 5.32 Å². The highest BCUT2D eigenvalue weighted by Gasteiger charge is 2.39. The summed E-state index contributed by atoms with van der Waals surface area (Å²) < 4.78 is 19.6. The number of ether oxygens (including phenoxy) is 1. The summed E-state index contributed by atoms with van der Waals surface area (Å²) in [5.74, 6) is 1.86. The number of benzene rings is 1. The van der Waals surface area contributed by atoms with Gasteiger partial charge in [-0.15, -0.1) is 12.3 Å². The third-order valence-corrected chi connectivity index (χ3v) is 4.12. The number of hydrogen-bond donors (Lipinski definition) is 1. The van der Waals surface area contributed by atoms with Crippen LogP contribution in [-0.4, -0.2) is 16.6 Å². The number of carbonyl (C=O) groups is 1. The third kappa shape index (κ3) is 5.35. The molecule has 0 fully saturated rings. The number of terminal acetylenes is 1. The number of nitrogens with one attached hydrogen (secondary N) is 1. The minimum atomic E-state index is -0.554. The SMILES string of the molecule is C#CCCC1(CCC(=O)Nc2ccc(OCc3ccccn3)c(F)c2)N=N1. The van der Waals surface area contributed by atoms with Crippen LogP contribution in [0.1, 0.15) is 31.4 Å². The van der Waals surface area contributed by atoms with Crippen LogP contribution in [0, 0.1) is 18.2 Å². The molecule has 0 saturated heterocycles. The number of carbonyl (C=O) groups excluding carboxylic acids is 1. The highest BCUT2D eigenvalue weighted by molar-refractivity contribution is 5.90. The van der Waals surface area contributed by atoms with Crippen molar-refractivity contribution in [2.24, 2.45) is 10.2 Å². The zero-order valence-electron chi connectivity index (χ0n) is 14.7. The van der Waals surface area contributed by atoms with Gasteiger partial charge in [0.25, 0.3) is 0 Å². The zero-order valence-corrected chi connectivity index (χ0v) is 14.7. The molecule has 0 spiro atoms. The lowest BCUT2D eigenvalue weighted by Crippen LogP contribution is -2.17. The summed E-state index contributed by atoms with van der Waals surface area (Å²) in [7, 11) is 0. The number of anilines is 1. The molecular formula is C20H19FN4O2. The Morgan fingerprint density at radius 3 is 2.78 bits per heavy atom. The maximum atomic E-state index is 14.2. The number of pyridine rings is 1. The Balaban J connectivity index is 1.48. The van der Waals surface area contributed by atoms with Crippen molar-refractivity contribution < 1.29 is 13.9 Å². The fourth-order valence-corrected chi connectivity index (χ4v) is 2.54. The molecule has 2 aromatic rings. The summed E-state index contributed by atoms with van der Waals surface area (Å²) in [6.45, 7) is 0.163. The van der Waals surface area contributed by atoms with Gasteiger partial charge in [-0.05, 0) is 24.3 Å². The van der Waals surface area contributed by atoms with E-state index in [4.69, 9.17) is 11.2 Å². The number of rotatable bonds is 9. The Kier molecular flexibility index (Phi) is 5.77. The van der Waals surface area contributed by atoms with E-state index in [9.17, 15) is 9.18 Å². The van der Waals surface area contributed by atoms with Crippen LogP contribution in [-0.2, 0) is 11.4 Å². The first-order chi connectivity index (χ1) is 13.1. The number of halogens is 1. The van der Waals surface area contributed by atoms with Crippen LogP contribution in [0.3, 0.4) is 0 Å². The van der Waals surface area contributed by atoms with Crippen LogP contribution in [0.4, 0.5) is 10.1 Å². The van der Waals surface area contributed by atoms with Crippen LogP contribution >= 0.6 is 0 Å². The molecule has 0 atom stereocenters. The molecular weight excluding hydrogens is 347 g/mol. The van der Waals surface area contributed by atoms with E-state index in [2.05, 4.69) is 26.4 Å². The van der Waals surface area contributed by atoms with E-state index in [0.717, 1.165) is 0 Å². The van der Waals surface area contributed by atoms with Gasteiger partial charge in [0.2, 0.25) is 5.91 Å². The van der Waals surface area contributed by atoms with Gasteiger partial charge in [-0.3, -0.25) is 9.78 Å². The van der Waals surface area contributed by atoms with Crippen LogP contribution < -0.4 is 10.1 Å². The first kappa shape index (κ1) is 18.5. The van der Waals surface area contributed by atoms with Crippen molar-refractivity contribution in [2.45, 2.75) is 38.0 Å². The highest BCUT2D eigenvalue weighted by atomic mass is 19.1. The molecule has 1 amide bonds. The summed E-state index contributed by atoms with van der Waals surface area (Å²) >= 11 is 0. The minimum absolute atomic E-state index is 0.0995. The standard InChI is InChI=1S/C20H19FN4O2/c1-2-3-10-20(24-25-20)11-9-19(26)23-15-7-8-18(17(21)13-15)27-14-16-6-4-5-12-22-16/h1,4-8,12-13H,3,9-11,14H2,(H,23,26). The van der Waals surface area contributed by atoms with Crippen LogP contribution in [0.2, 0.25) is 0 Å². The summed E-state index contributed by atoms with van der Waals surface area (Å²) in [4.78, 5) is 16.2. The van der Waals surface area contributed by atoms with Crippen molar-refractivity contribution in [3.63, 3.8) is 0 Å². The molecule has 138 valence electrons. The normalized spacial score (nSPS) is 13.6. The molecule has 0 aliphatic carbocycles. The summed E-state index contributed by atoms with van der Waals surface area (Å²) in [5, 5.41) is 10.6. The van der Waals surface area contributed by atoms with E-state index in [0.29, 0.717) is 30.6 Å². The van der Waals surface area contributed by atoms with Gasteiger partial charge in [-0.1, -0.05) is 6.07 Å². The Labute approximate surface area is 156 Å². The van der Waals surface area contributed by atoms with Gasteiger partial charge in [0.1, 0.15) is 6.61 Å². The average molecular weight is 366 g/mol. The second-order valence-corrected chi connectivity index (χ2v) is 6.19. The molecule has 27 heavy (non-hydrogen) atoms. The third-order valence-electron chi connectivity index (χ3n) is 4.12. The number of amides is 1. The van der Waals surface area contributed by atoms with Crippen molar-refractivity contribution in [3.8, 4) is 18.1 Å². The molecule has 0 saturated carbocycles. The van der Waals surface area contributed by atoms with Crippen LogP contribution in [0.5, 0.6) is 5.75 Å². The maximum Gasteiger partial charge on any atom is 0.224 e. The molecule has 0 unspecified atom stereocenters. The average Bonchev–Trinajstić information content (AvgIpc) is 3.45. The molecule has 1 N–H and O–H groups in total. The smallest absolute Gasteiger partial charge is 0.224 e. The first-order valence-electron chi connectivity index (χ1n) is 8.60. The monoisotopic (exact) mass is 366 g/mol. The molecule has 1 aromatic carbocycles. The van der Waals surface area contributed by atoms with E-state index in [-0.39, 0.29) is 24.7 Å². The second-order valence-electron chi connectivity index (χ2n) is 6.19. The summed E-state index contributed by atoms with van der Waals surface area (Å²) in [6, 6.07) is 9.72. The summed E-state index contributed by atoms with van der Waals surface area (Å²) in [5.41, 5.74) is 0.562. The largest absolute Gasteiger partial charge is 0.484 e. The Morgan fingerprint density at radius 2 is 2.11 bits per heavy atom. The van der Waals surface area contributed by atoms with Gasteiger partial charge in [0.05, 0.1) is 5.69 Å². The molecule has 1 aromatic heterocycles. The van der Waals surface area contributed by atoms with E-state index in [1.807, 2.05) is 6.07 Å². The van der Waals surface area contributed by atoms with Crippen LogP contribution in [0.25, 0.3) is 0 Å². The predicted molar refractivity (Wildman–Crippen MR) is 98.5 cm³/mol. The van der Waals surface area contributed by atoms with E-state index in [1.54, 1.807) is 24.4 Å². The molecule has 1 aliphatic heterocycles. The Hall–Kier alpha value is -3.27. The predicted octanol–water partition coefficient (Wildman–Crippen LogP) is 4.09. The van der Waals surface area contributed by atoms with Crippen molar-refractivity contribution in [1.29, 1.82) is 0 Å². The molecule has 0 bridgehead atoms. The van der Waals surface area contributed by atoms with Gasteiger partial charge in [-0.2, -0.15) is 10.2 Å². The lowest BCUT2D eigenvalue weighted by Gasteiger charge is -2.11. The molecule has 0 radical (unpaired) electrons. The van der Waals surface area contributed by atoms with E-state index in [1.165, 1.54) is 12.1 Å². The van der Waals surface area contributed by atoms with Crippen molar-refractivity contribution in [3.05, 3.63) is 54.1 Å². The van der Waals surface area contributed by atoms with Gasteiger partial charge in [0.15, 0.2) is 17.2 Å². The molecule has 7 heteroatoms. The number of aromatic nitrogens is 1. The van der Waals surface area contributed by atoms with Crippen molar-refractivity contribution in [1.82, 2.24) is 4.98 Å². The molecule has 6 nitrogen and oxygen atoms in total.